The van der Waals surface area contributed by atoms with Crippen molar-refractivity contribution in [3.05, 3.63) is 18.5 Å². The molecule has 1 fully saturated rings. The number of amides is 1. The molecule has 1 aromatic heterocycles. The Kier molecular flexibility index (Phi) is 3.34. The highest BCUT2D eigenvalue weighted by molar-refractivity contribution is 5.79. The first-order valence-corrected chi connectivity index (χ1v) is 5.55. The first kappa shape index (κ1) is 10.9. The molecule has 0 bridgehead atoms. The lowest BCUT2D eigenvalue weighted by atomic mass is 9.97. The Labute approximate surface area is 94.9 Å². The highest BCUT2D eigenvalue weighted by Crippen LogP contribution is 2.19. The Morgan fingerprint density at radius 1 is 1.50 bits per heavy atom. The predicted molar refractivity (Wildman–Crippen MR) is 61.0 cm³/mol. The molecule has 1 aliphatic heterocycles. The van der Waals surface area contributed by atoms with Crippen LogP contribution in [0, 0.1) is 5.92 Å². The molecule has 2 heterocycles. The Bertz CT molecular complexity index is 354. The summed E-state index contributed by atoms with van der Waals surface area (Å²) in [6.07, 6.45) is 5.41. The second kappa shape index (κ2) is 4.92. The van der Waals surface area contributed by atoms with E-state index in [0.29, 0.717) is 6.54 Å². The molecule has 1 amide bonds. The lowest BCUT2D eigenvalue weighted by molar-refractivity contribution is -0.124. The average Bonchev–Trinajstić information content (AvgIpc) is 2.39. The standard InChI is InChI=1S/C11H16N4O/c1-12-10(16)9-4-2-7-15(8-9)11-13-5-3-6-14-11/h3,5-6,9H,2,4,7-8H2,1H3,(H,12,16)/t9-/m0/s1. The van der Waals surface area contributed by atoms with Crippen molar-refractivity contribution in [2.24, 2.45) is 5.92 Å². The summed E-state index contributed by atoms with van der Waals surface area (Å²) < 4.78 is 0. The average molecular weight is 220 g/mol. The number of carbonyl (C=O) groups is 1. The summed E-state index contributed by atoms with van der Waals surface area (Å²) in [5.74, 6) is 0.888. The van der Waals surface area contributed by atoms with E-state index in [4.69, 9.17) is 0 Å². The van der Waals surface area contributed by atoms with Gasteiger partial charge in [-0.1, -0.05) is 0 Å². The van der Waals surface area contributed by atoms with E-state index in [2.05, 4.69) is 20.2 Å². The van der Waals surface area contributed by atoms with Gasteiger partial charge in [0.05, 0.1) is 5.92 Å². The molecular formula is C11H16N4O. The summed E-state index contributed by atoms with van der Waals surface area (Å²) >= 11 is 0. The van der Waals surface area contributed by atoms with Crippen molar-refractivity contribution in [1.29, 1.82) is 0 Å². The molecule has 0 aromatic carbocycles. The van der Waals surface area contributed by atoms with Gasteiger partial charge < -0.3 is 10.2 Å². The number of aromatic nitrogens is 2. The van der Waals surface area contributed by atoms with E-state index in [1.165, 1.54) is 0 Å². The van der Waals surface area contributed by atoms with Crippen LogP contribution in [0.4, 0.5) is 5.95 Å². The number of piperidine rings is 1. The molecule has 5 heteroatoms. The smallest absolute Gasteiger partial charge is 0.225 e. The van der Waals surface area contributed by atoms with Crippen molar-refractivity contribution in [3.63, 3.8) is 0 Å². The van der Waals surface area contributed by atoms with Gasteiger partial charge in [0.2, 0.25) is 11.9 Å². The minimum absolute atomic E-state index is 0.0579. The van der Waals surface area contributed by atoms with Crippen molar-refractivity contribution >= 4 is 11.9 Å². The van der Waals surface area contributed by atoms with Gasteiger partial charge >= 0.3 is 0 Å². The van der Waals surface area contributed by atoms with Gasteiger partial charge in [0.25, 0.3) is 0 Å². The molecule has 1 atom stereocenters. The van der Waals surface area contributed by atoms with Crippen LogP contribution >= 0.6 is 0 Å². The molecule has 0 spiro atoms. The first-order chi connectivity index (χ1) is 7.81. The van der Waals surface area contributed by atoms with Gasteiger partial charge in [-0.3, -0.25) is 4.79 Å². The molecule has 86 valence electrons. The second-order valence-electron chi connectivity index (χ2n) is 3.95. The first-order valence-electron chi connectivity index (χ1n) is 5.55. The van der Waals surface area contributed by atoms with Crippen molar-refractivity contribution in [2.45, 2.75) is 12.8 Å². The number of hydrogen-bond acceptors (Lipinski definition) is 4. The van der Waals surface area contributed by atoms with Crippen LogP contribution in [0.1, 0.15) is 12.8 Å². The van der Waals surface area contributed by atoms with Gasteiger partial charge in [-0.15, -0.1) is 0 Å². The van der Waals surface area contributed by atoms with E-state index >= 15 is 0 Å². The Morgan fingerprint density at radius 3 is 2.94 bits per heavy atom. The highest BCUT2D eigenvalue weighted by atomic mass is 16.1. The maximum Gasteiger partial charge on any atom is 0.225 e. The quantitative estimate of drug-likeness (QED) is 0.785. The molecule has 5 nitrogen and oxygen atoms in total. The van der Waals surface area contributed by atoms with Crippen LogP contribution < -0.4 is 10.2 Å². The largest absolute Gasteiger partial charge is 0.359 e. The summed E-state index contributed by atoms with van der Waals surface area (Å²) in [4.78, 5) is 22.0. The van der Waals surface area contributed by atoms with Gasteiger partial charge in [-0.2, -0.15) is 0 Å². The number of anilines is 1. The van der Waals surface area contributed by atoms with Gasteiger partial charge in [0.1, 0.15) is 0 Å². The molecule has 1 aliphatic rings. The van der Waals surface area contributed by atoms with Gasteiger partial charge in [-0.25, -0.2) is 9.97 Å². The molecule has 1 N–H and O–H groups in total. The fraction of sp³-hybridized carbons (Fsp3) is 0.545. The third kappa shape index (κ3) is 2.29. The third-order valence-corrected chi connectivity index (χ3v) is 2.87. The van der Waals surface area contributed by atoms with Crippen LogP contribution in [0.5, 0.6) is 0 Å². The van der Waals surface area contributed by atoms with Crippen molar-refractivity contribution in [2.75, 3.05) is 25.0 Å². The molecule has 0 radical (unpaired) electrons. The Balaban J connectivity index is 2.05. The molecule has 0 unspecified atom stereocenters. The number of hydrogen-bond donors (Lipinski definition) is 1. The van der Waals surface area contributed by atoms with Crippen LogP contribution in [0.25, 0.3) is 0 Å². The second-order valence-corrected chi connectivity index (χ2v) is 3.95. The molecule has 16 heavy (non-hydrogen) atoms. The van der Waals surface area contributed by atoms with Gasteiger partial charge in [0.15, 0.2) is 0 Å². The Hall–Kier alpha value is -1.65. The lowest BCUT2D eigenvalue weighted by Gasteiger charge is -2.31. The van der Waals surface area contributed by atoms with Gasteiger partial charge in [0, 0.05) is 32.5 Å². The van der Waals surface area contributed by atoms with Crippen LogP contribution in [-0.2, 0) is 4.79 Å². The van der Waals surface area contributed by atoms with Crippen molar-refractivity contribution < 1.29 is 4.79 Å². The maximum absolute atomic E-state index is 11.6. The predicted octanol–water partition coefficient (Wildman–Crippen LogP) is 0.439. The monoisotopic (exact) mass is 220 g/mol. The number of carbonyl (C=O) groups excluding carboxylic acids is 1. The summed E-state index contributed by atoms with van der Waals surface area (Å²) in [5.41, 5.74) is 0. The van der Waals surface area contributed by atoms with Crippen molar-refractivity contribution in [3.8, 4) is 0 Å². The van der Waals surface area contributed by atoms with E-state index in [0.717, 1.165) is 25.3 Å². The molecular weight excluding hydrogens is 204 g/mol. The molecule has 0 aliphatic carbocycles. The summed E-state index contributed by atoms with van der Waals surface area (Å²) in [6, 6.07) is 1.80. The van der Waals surface area contributed by atoms with E-state index in [1.807, 2.05) is 0 Å². The number of nitrogens with zero attached hydrogens (tertiary/aromatic N) is 3. The summed E-state index contributed by atoms with van der Waals surface area (Å²) in [6.45, 7) is 1.64. The third-order valence-electron chi connectivity index (χ3n) is 2.87. The van der Waals surface area contributed by atoms with E-state index in [9.17, 15) is 4.79 Å². The minimum Gasteiger partial charge on any atom is -0.359 e. The fourth-order valence-corrected chi connectivity index (χ4v) is 2.03. The van der Waals surface area contributed by atoms with Crippen LogP contribution in [0.3, 0.4) is 0 Å². The lowest BCUT2D eigenvalue weighted by Crippen LogP contribution is -2.42. The maximum atomic E-state index is 11.6. The molecule has 2 rings (SSSR count). The van der Waals surface area contributed by atoms with Crippen LogP contribution in [0.15, 0.2) is 18.5 Å². The zero-order valence-electron chi connectivity index (χ0n) is 9.39. The van der Waals surface area contributed by atoms with Crippen LogP contribution in [-0.4, -0.2) is 36.0 Å². The van der Waals surface area contributed by atoms with E-state index < -0.39 is 0 Å². The highest BCUT2D eigenvalue weighted by Gasteiger charge is 2.26. The van der Waals surface area contributed by atoms with Crippen molar-refractivity contribution in [1.82, 2.24) is 15.3 Å². The normalized spacial score (nSPS) is 20.6. The fourth-order valence-electron chi connectivity index (χ4n) is 2.03. The van der Waals surface area contributed by atoms with E-state index in [1.54, 1.807) is 25.5 Å². The Morgan fingerprint density at radius 2 is 2.25 bits per heavy atom. The number of rotatable bonds is 2. The minimum atomic E-state index is 0.0579. The zero-order chi connectivity index (χ0) is 11.4. The van der Waals surface area contributed by atoms with E-state index in [-0.39, 0.29) is 11.8 Å². The number of nitrogens with one attached hydrogen (secondary N) is 1. The SMILES string of the molecule is CNC(=O)[C@H]1CCCN(c2ncccn2)C1. The van der Waals surface area contributed by atoms with Gasteiger partial charge in [-0.05, 0) is 18.9 Å². The molecule has 0 saturated carbocycles. The van der Waals surface area contributed by atoms with Crippen LogP contribution in [0.2, 0.25) is 0 Å². The summed E-state index contributed by atoms with van der Waals surface area (Å²) in [5, 5.41) is 2.70. The zero-order valence-corrected chi connectivity index (χ0v) is 9.39. The molecule has 1 saturated heterocycles. The summed E-state index contributed by atoms with van der Waals surface area (Å²) in [7, 11) is 1.68. The topological polar surface area (TPSA) is 58.1 Å². The molecule has 1 aromatic rings.